The molecular weight excluding hydrogens is 222 g/mol. The molecular formula is C15H25N3. The third-order valence-electron chi connectivity index (χ3n) is 4.48. The monoisotopic (exact) mass is 247 g/mol. The molecule has 3 heterocycles. The van der Waals surface area contributed by atoms with Crippen LogP contribution in [0.25, 0.3) is 0 Å². The molecule has 0 aliphatic carbocycles. The first-order valence-corrected chi connectivity index (χ1v) is 7.57. The fourth-order valence-corrected chi connectivity index (χ4v) is 3.48. The van der Waals surface area contributed by atoms with Gasteiger partial charge in [0.05, 0.1) is 11.7 Å². The summed E-state index contributed by atoms with van der Waals surface area (Å²) in [4.78, 5) is 7.57. The van der Waals surface area contributed by atoms with Crippen LogP contribution in [0, 0.1) is 0 Å². The maximum absolute atomic E-state index is 4.93. The normalized spacial score (nSPS) is 25.4. The highest BCUT2D eigenvalue weighted by Gasteiger charge is 2.28. The molecule has 3 heteroatoms. The van der Waals surface area contributed by atoms with Gasteiger partial charge in [-0.2, -0.15) is 0 Å². The maximum Gasteiger partial charge on any atom is 0.109 e. The lowest BCUT2D eigenvalue weighted by molar-refractivity contribution is 0.109. The summed E-state index contributed by atoms with van der Waals surface area (Å²) in [6, 6.07) is 1.20. The molecule has 2 aliphatic rings. The van der Waals surface area contributed by atoms with Crippen molar-refractivity contribution in [2.75, 3.05) is 6.54 Å². The molecule has 100 valence electrons. The van der Waals surface area contributed by atoms with Gasteiger partial charge in [0.1, 0.15) is 5.82 Å². The van der Waals surface area contributed by atoms with Crippen molar-refractivity contribution >= 4 is 0 Å². The molecule has 18 heavy (non-hydrogen) atoms. The number of aromatic nitrogens is 2. The van der Waals surface area contributed by atoms with E-state index in [4.69, 9.17) is 4.98 Å². The molecule has 0 radical (unpaired) electrons. The Hall–Kier alpha value is -0.830. The molecule has 1 unspecified atom stereocenters. The average molecular weight is 247 g/mol. The van der Waals surface area contributed by atoms with Crippen molar-refractivity contribution in [3.8, 4) is 0 Å². The summed E-state index contributed by atoms with van der Waals surface area (Å²) in [5.74, 6) is 1.32. The Morgan fingerprint density at radius 2 is 2.00 bits per heavy atom. The van der Waals surface area contributed by atoms with Crippen molar-refractivity contribution < 1.29 is 0 Å². The van der Waals surface area contributed by atoms with Gasteiger partial charge >= 0.3 is 0 Å². The predicted molar refractivity (Wildman–Crippen MR) is 73.6 cm³/mol. The van der Waals surface area contributed by atoms with Crippen molar-refractivity contribution in [2.24, 2.45) is 0 Å². The van der Waals surface area contributed by atoms with Crippen LogP contribution < -0.4 is 0 Å². The largest absolute Gasteiger partial charge is 0.335 e. The molecule has 0 amide bonds. The van der Waals surface area contributed by atoms with E-state index in [2.05, 4.69) is 29.5 Å². The van der Waals surface area contributed by atoms with Gasteiger partial charge in [-0.1, -0.05) is 6.42 Å². The van der Waals surface area contributed by atoms with Gasteiger partial charge in [0, 0.05) is 25.2 Å². The number of fused-ring (bicyclic) bond motifs is 1. The van der Waals surface area contributed by atoms with Gasteiger partial charge in [-0.3, -0.25) is 4.90 Å². The fourth-order valence-electron chi connectivity index (χ4n) is 3.48. The molecule has 1 fully saturated rings. The van der Waals surface area contributed by atoms with Crippen LogP contribution in [0.1, 0.15) is 63.5 Å². The standard InChI is InChI=1S/C15H25N3/c1-12(2)18-10-6-3-7-14(18)13-11-17-9-5-4-8-15(17)16-13/h11-12,14H,3-10H2,1-2H3. The second-order valence-corrected chi connectivity index (χ2v) is 6.08. The van der Waals surface area contributed by atoms with Gasteiger partial charge < -0.3 is 4.57 Å². The summed E-state index contributed by atoms with van der Waals surface area (Å²) in [5, 5.41) is 0. The molecule has 1 atom stereocenters. The highest BCUT2D eigenvalue weighted by molar-refractivity contribution is 5.12. The Morgan fingerprint density at radius 3 is 2.78 bits per heavy atom. The highest BCUT2D eigenvalue weighted by Crippen LogP contribution is 2.32. The molecule has 3 nitrogen and oxygen atoms in total. The van der Waals surface area contributed by atoms with E-state index in [1.807, 2.05) is 0 Å². The van der Waals surface area contributed by atoms with Gasteiger partial charge in [-0.15, -0.1) is 0 Å². The van der Waals surface area contributed by atoms with Gasteiger partial charge in [-0.05, 0) is 46.1 Å². The van der Waals surface area contributed by atoms with E-state index < -0.39 is 0 Å². The van der Waals surface area contributed by atoms with Gasteiger partial charge in [0.2, 0.25) is 0 Å². The van der Waals surface area contributed by atoms with Crippen molar-refractivity contribution in [3.05, 3.63) is 17.7 Å². The first kappa shape index (κ1) is 12.2. The van der Waals surface area contributed by atoms with E-state index in [0.29, 0.717) is 12.1 Å². The van der Waals surface area contributed by atoms with Crippen molar-refractivity contribution in [1.82, 2.24) is 14.5 Å². The quantitative estimate of drug-likeness (QED) is 0.800. The van der Waals surface area contributed by atoms with Crippen molar-refractivity contribution in [1.29, 1.82) is 0 Å². The van der Waals surface area contributed by atoms with Crippen LogP contribution in [-0.4, -0.2) is 27.0 Å². The molecule has 1 saturated heterocycles. The van der Waals surface area contributed by atoms with Crippen LogP contribution in [0.4, 0.5) is 0 Å². The van der Waals surface area contributed by atoms with Crippen LogP contribution in [0.2, 0.25) is 0 Å². The van der Waals surface area contributed by atoms with Crippen molar-refractivity contribution in [3.63, 3.8) is 0 Å². The Morgan fingerprint density at radius 1 is 1.17 bits per heavy atom. The van der Waals surface area contributed by atoms with E-state index in [-0.39, 0.29) is 0 Å². The Bertz CT molecular complexity index is 384. The molecule has 3 rings (SSSR count). The topological polar surface area (TPSA) is 21.1 Å². The number of rotatable bonds is 2. The molecule has 0 aromatic carbocycles. The van der Waals surface area contributed by atoms with E-state index in [0.717, 1.165) is 0 Å². The van der Waals surface area contributed by atoms with Gasteiger partial charge in [0.15, 0.2) is 0 Å². The third-order valence-corrected chi connectivity index (χ3v) is 4.48. The SMILES string of the molecule is CC(C)N1CCCCC1c1cn2c(n1)CCCC2. The lowest BCUT2D eigenvalue weighted by Crippen LogP contribution is -2.38. The van der Waals surface area contributed by atoms with Crippen LogP contribution in [0.15, 0.2) is 6.20 Å². The second kappa shape index (κ2) is 5.04. The first-order chi connectivity index (χ1) is 8.75. The number of piperidine rings is 1. The first-order valence-electron chi connectivity index (χ1n) is 7.57. The lowest BCUT2D eigenvalue weighted by atomic mass is 9.98. The maximum atomic E-state index is 4.93. The van der Waals surface area contributed by atoms with Crippen molar-refractivity contribution in [2.45, 2.75) is 71.0 Å². The number of nitrogens with zero attached hydrogens (tertiary/aromatic N) is 3. The number of aryl methyl sites for hydroxylation is 2. The van der Waals surface area contributed by atoms with E-state index >= 15 is 0 Å². The summed E-state index contributed by atoms with van der Waals surface area (Å²) < 4.78 is 2.39. The molecule has 0 saturated carbocycles. The zero-order valence-corrected chi connectivity index (χ0v) is 11.7. The average Bonchev–Trinajstić information content (AvgIpc) is 2.82. The molecule has 0 N–H and O–H groups in total. The molecule has 0 spiro atoms. The van der Waals surface area contributed by atoms with Gasteiger partial charge in [0.25, 0.3) is 0 Å². The second-order valence-electron chi connectivity index (χ2n) is 6.08. The van der Waals surface area contributed by atoms with E-state index in [9.17, 15) is 0 Å². The summed E-state index contributed by atoms with van der Waals surface area (Å²) in [6.07, 6.45) is 10.1. The van der Waals surface area contributed by atoms with E-state index in [1.54, 1.807) is 0 Å². The smallest absolute Gasteiger partial charge is 0.109 e. The Balaban J connectivity index is 1.85. The minimum atomic E-state index is 0.567. The minimum Gasteiger partial charge on any atom is -0.335 e. The molecule has 2 aliphatic heterocycles. The number of imidazole rings is 1. The molecule has 1 aromatic rings. The van der Waals surface area contributed by atoms with Crippen LogP contribution in [0.3, 0.4) is 0 Å². The van der Waals surface area contributed by atoms with E-state index in [1.165, 1.54) is 63.1 Å². The molecule has 1 aromatic heterocycles. The molecule has 0 bridgehead atoms. The Kier molecular flexibility index (Phi) is 3.42. The summed E-state index contributed by atoms with van der Waals surface area (Å²) in [5.41, 5.74) is 1.33. The number of hydrogen-bond acceptors (Lipinski definition) is 2. The van der Waals surface area contributed by atoms with Crippen LogP contribution in [-0.2, 0) is 13.0 Å². The predicted octanol–water partition coefficient (Wildman–Crippen LogP) is 3.15. The van der Waals surface area contributed by atoms with Gasteiger partial charge in [-0.25, -0.2) is 4.98 Å². The lowest BCUT2D eigenvalue weighted by Gasteiger charge is -2.37. The minimum absolute atomic E-state index is 0.567. The summed E-state index contributed by atoms with van der Waals surface area (Å²) >= 11 is 0. The fraction of sp³-hybridized carbons (Fsp3) is 0.800. The summed E-state index contributed by atoms with van der Waals surface area (Å²) in [6.45, 7) is 7.05. The zero-order chi connectivity index (χ0) is 12.5. The number of hydrogen-bond donors (Lipinski definition) is 0. The number of likely N-dealkylation sites (tertiary alicyclic amines) is 1. The van der Waals surface area contributed by atoms with Crippen LogP contribution >= 0.6 is 0 Å². The summed E-state index contributed by atoms with van der Waals surface area (Å²) in [7, 11) is 0. The highest BCUT2D eigenvalue weighted by atomic mass is 15.2. The third kappa shape index (κ3) is 2.20. The van der Waals surface area contributed by atoms with Crippen LogP contribution in [0.5, 0.6) is 0 Å². The zero-order valence-electron chi connectivity index (χ0n) is 11.7. The Labute approximate surface area is 110 Å².